The van der Waals surface area contributed by atoms with Crippen molar-refractivity contribution < 1.29 is 14.3 Å². The molecule has 1 amide bonds. The molecule has 1 aromatic heterocycles. The quantitative estimate of drug-likeness (QED) is 0.886. The van der Waals surface area contributed by atoms with E-state index in [-0.39, 0.29) is 5.91 Å². The minimum atomic E-state index is -0.848. The highest BCUT2D eigenvalue weighted by molar-refractivity contribution is 7.21. The summed E-state index contributed by atoms with van der Waals surface area (Å²) in [5.74, 6) is -0.937. The lowest BCUT2D eigenvalue weighted by Crippen LogP contribution is -2.33. The fourth-order valence-corrected chi connectivity index (χ4v) is 3.01. The SMILES string of the molecule is CNC(=O)[C@@H](C)OC(=O)c1sc2ccccc2c1Cl. The second-order valence-electron chi connectivity index (χ2n) is 3.90. The van der Waals surface area contributed by atoms with Gasteiger partial charge >= 0.3 is 5.97 Å². The molecular weight excluding hydrogens is 286 g/mol. The molecule has 0 saturated carbocycles. The van der Waals surface area contributed by atoms with E-state index in [1.54, 1.807) is 0 Å². The van der Waals surface area contributed by atoms with Crippen LogP contribution >= 0.6 is 22.9 Å². The number of esters is 1. The first-order valence-corrected chi connectivity index (χ1v) is 6.83. The molecule has 0 fully saturated rings. The van der Waals surface area contributed by atoms with Gasteiger partial charge in [0, 0.05) is 17.1 Å². The first-order valence-electron chi connectivity index (χ1n) is 5.64. The molecule has 0 bridgehead atoms. The van der Waals surface area contributed by atoms with E-state index in [0.29, 0.717) is 9.90 Å². The van der Waals surface area contributed by atoms with Crippen LogP contribution in [0, 0.1) is 0 Å². The summed E-state index contributed by atoms with van der Waals surface area (Å²) >= 11 is 7.41. The van der Waals surface area contributed by atoms with Crippen molar-refractivity contribution in [3.63, 3.8) is 0 Å². The Morgan fingerprint density at radius 2 is 2.05 bits per heavy atom. The largest absolute Gasteiger partial charge is 0.448 e. The monoisotopic (exact) mass is 297 g/mol. The third kappa shape index (κ3) is 2.72. The van der Waals surface area contributed by atoms with Crippen molar-refractivity contribution in [3.05, 3.63) is 34.2 Å². The lowest BCUT2D eigenvalue weighted by molar-refractivity contribution is -0.128. The van der Waals surface area contributed by atoms with Gasteiger partial charge in [-0.05, 0) is 13.0 Å². The van der Waals surface area contributed by atoms with Gasteiger partial charge in [0.15, 0.2) is 6.10 Å². The van der Waals surface area contributed by atoms with Crippen molar-refractivity contribution in [1.82, 2.24) is 5.32 Å². The Morgan fingerprint density at radius 3 is 2.68 bits per heavy atom. The maximum Gasteiger partial charge on any atom is 0.350 e. The Labute approximate surface area is 119 Å². The van der Waals surface area contributed by atoms with E-state index >= 15 is 0 Å². The average molecular weight is 298 g/mol. The Kier molecular flexibility index (Phi) is 4.07. The Balaban J connectivity index is 2.27. The lowest BCUT2D eigenvalue weighted by atomic mass is 10.2. The molecule has 6 heteroatoms. The minimum Gasteiger partial charge on any atom is -0.448 e. The minimum absolute atomic E-state index is 0.318. The molecule has 1 N–H and O–H groups in total. The number of thiophene rings is 1. The topological polar surface area (TPSA) is 55.4 Å². The summed E-state index contributed by atoms with van der Waals surface area (Å²) in [7, 11) is 1.49. The van der Waals surface area contributed by atoms with Gasteiger partial charge in [0.2, 0.25) is 0 Å². The second kappa shape index (κ2) is 5.59. The van der Waals surface area contributed by atoms with Crippen LogP contribution in [-0.2, 0) is 9.53 Å². The molecule has 0 aliphatic rings. The molecule has 2 aromatic rings. The van der Waals surface area contributed by atoms with Crippen molar-refractivity contribution in [3.8, 4) is 0 Å². The molecule has 0 spiro atoms. The number of likely N-dealkylation sites (N-methyl/N-ethyl adjacent to an activating group) is 1. The summed E-state index contributed by atoms with van der Waals surface area (Å²) in [5, 5.41) is 3.60. The van der Waals surface area contributed by atoms with Gasteiger partial charge < -0.3 is 10.1 Å². The molecule has 100 valence electrons. The fourth-order valence-electron chi connectivity index (χ4n) is 1.62. The number of benzene rings is 1. The van der Waals surface area contributed by atoms with Gasteiger partial charge in [-0.25, -0.2) is 4.79 Å². The van der Waals surface area contributed by atoms with Gasteiger partial charge in [0.25, 0.3) is 5.91 Å². The first-order chi connectivity index (χ1) is 9.04. The molecule has 0 radical (unpaired) electrons. The van der Waals surface area contributed by atoms with Crippen LogP contribution in [0.4, 0.5) is 0 Å². The van der Waals surface area contributed by atoms with Crippen LogP contribution in [0.5, 0.6) is 0 Å². The van der Waals surface area contributed by atoms with E-state index in [1.165, 1.54) is 25.3 Å². The molecule has 4 nitrogen and oxygen atoms in total. The predicted molar refractivity (Wildman–Crippen MR) is 75.8 cm³/mol. The van der Waals surface area contributed by atoms with Crippen molar-refractivity contribution in [2.45, 2.75) is 13.0 Å². The van der Waals surface area contributed by atoms with E-state index in [2.05, 4.69) is 5.32 Å². The molecule has 1 heterocycles. The molecule has 19 heavy (non-hydrogen) atoms. The number of hydrogen-bond donors (Lipinski definition) is 1. The van der Waals surface area contributed by atoms with Crippen LogP contribution in [-0.4, -0.2) is 25.0 Å². The smallest absolute Gasteiger partial charge is 0.350 e. The second-order valence-corrected chi connectivity index (χ2v) is 5.33. The molecule has 0 aliphatic carbocycles. The zero-order chi connectivity index (χ0) is 14.0. The maximum absolute atomic E-state index is 12.0. The summed E-state index contributed by atoms with van der Waals surface area (Å²) < 4.78 is 5.98. The van der Waals surface area contributed by atoms with Gasteiger partial charge in [0.05, 0.1) is 5.02 Å². The Hall–Kier alpha value is -1.59. The predicted octanol–water partition coefficient (Wildman–Crippen LogP) is 2.85. The summed E-state index contributed by atoms with van der Waals surface area (Å²) in [6.45, 7) is 1.51. The van der Waals surface area contributed by atoms with Crippen LogP contribution in [0.15, 0.2) is 24.3 Å². The summed E-state index contributed by atoms with van der Waals surface area (Å²) in [6, 6.07) is 7.44. The highest BCUT2D eigenvalue weighted by Gasteiger charge is 2.22. The first kappa shape index (κ1) is 13.8. The normalized spacial score (nSPS) is 12.2. The van der Waals surface area contributed by atoms with E-state index in [1.807, 2.05) is 24.3 Å². The third-order valence-electron chi connectivity index (χ3n) is 2.62. The molecule has 0 aliphatic heterocycles. The number of carbonyl (C=O) groups is 2. The number of nitrogens with one attached hydrogen (secondary N) is 1. The summed E-state index contributed by atoms with van der Waals surface area (Å²) in [4.78, 5) is 23.6. The van der Waals surface area contributed by atoms with Crippen LogP contribution in [0.1, 0.15) is 16.6 Å². The Bertz CT molecular complexity index is 638. The van der Waals surface area contributed by atoms with Gasteiger partial charge in [-0.1, -0.05) is 29.8 Å². The standard InChI is InChI=1S/C13H12ClNO3S/c1-7(12(16)15-2)18-13(17)11-10(14)8-5-3-4-6-9(8)19-11/h3-7H,1-2H3,(H,15,16)/t7-/m1/s1. The number of amides is 1. The van der Waals surface area contributed by atoms with E-state index < -0.39 is 12.1 Å². The number of hydrogen-bond acceptors (Lipinski definition) is 4. The lowest BCUT2D eigenvalue weighted by Gasteiger charge is -2.10. The highest BCUT2D eigenvalue weighted by atomic mass is 35.5. The van der Waals surface area contributed by atoms with Crippen molar-refractivity contribution in [2.24, 2.45) is 0 Å². The molecule has 0 unspecified atom stereocenters. The van der Waals surface area contributed by atoms with Crippen molar-refractivity contribution in [2.75, 3.05) is 7.05 Å². The van der Waals surface area contributed by atoms with Crippen LogP contribution < -0.4 is 5.32 Å². The number of carbonyl (C=O) groups excluding carboxylic acids is 2. The van der Waals surface area contributed by atoms with E-state index in [4.69, 9.17) is 16.3 Å². The van der Waals surface area contributed by atoms with Crippen LogP contribution in [0.25, 0.3) is 10.1 Å². The average Bonchev–Trinajstić information content (AvgIpc) is 2.75. The number of fused-ring (bicyclic) bond motifs is 1. The van der Waals surface area contributed by atoms with E-state index in [0.717, 1.165) is 10.1 Å². The van der Waals surface area contributed by atoms with Gasteiger partial charge in [-0.3, -0.25) is 4.79 Å². The van der Waals surface area contributed by atoms with Crippen molar-refractivity contribution in [1.29, 1.82) is 0 Å². The fraction of sp³-hybridized carbons (Fsp3) is 0.231. The van der Waals surface area contributed by atoms with Crippen molar-refractivity contribution >= 4 is 44.9 Å². The van der Waals surface area contributed by atoms with E-state index in [9.17, 15) is 9.59 Å². The molecule has 1 aromatic carbocycles. The molecule has 2 rings (SSSR count). The van der Waals surface area contributed by atoms with Gasteiger partial charge in [0.1, 0.15) is 4.88 Å². The third-order valence-corrected chi connectivity index (χ3v) is 4.28. The van der Waals surface area contributed by atoms with Gasteiger partial charge in [-0.15, -0.1) is 11.3 Å². The zero-order valence-corrected chi connectivity index (χ0v) is 12.0. The van der Waals surface area contributed by atoms with Crippen LogP contribution in [0.2, 0.25) is 5.02 Å². The summed E-state index contributed by atoms with van der Waals surface area (Å²) in [6.07, 6.45) is -0.848. The highest BCUT2D eigenvalue weighted by Crippen LogP contribution is 2.35. The van der Waals surface area contributed by atoms with Gasteiger partial charge in [-0.2, -0.15) is 0 Å². The van der Waals surface area contributed by atoms with Crippen LogP contribution in [0.3, 0.4) is 0 Å². The number of rotatable bonds is 3. The zero-order valence-electron chi connectivity index (χ0n) is 10.4. The maximum atomic E-state index is 12.0. The molecular formula is C13H12ClNO3S. The summed E-state index contributed by atoms with van der Waals surface area (Å²) in [5.41, 5.74) is 0. The number of halogens is 1. The Morgan fingerprint density at radius 1 is 1.37 bits per heavy atom. The number of ether oxygens (including phenoxy) is 1. The molecule has 1 atom stereocenters. The molecule has 0 saturated heterocycles.